The van der Waals surface area contributed by atoms with Crippen LogP contribution in [0.25, 0.3) is 10.2 Å². The molecule has 1 amide bonds. The number of thiazole rings is 1. The Morgan fingerprint density at radius 2 is 2.08 bits per heavy atom. The predicted molar refractivity (Wildman–Crippen MR) is 101 cm³/mol. The van der Waals surface area contributed by atoms with E-state index in [1.807, 2.05) is 38.5 Å². The first kappa shape index (κ1) is 16.0. The van der Waals surface area contributed by atoms with E-state index in [1.54, 1.807) is 27.1 Å². The van der Waals surface area contributed by atoms with Crippen LogP contribution in [0.3, 0.4) is 0 Å². The maximum atomic E-state index is 13.1. The minimum absolute atomic E-state index is 0.0873. The molecular formula is C19H20N4OS. The molecule has 0 saturated heterocycles. The maximum absolute atomic E-state index is 13.1. The first-order valence-corrected chi connectivity index (χ1v) is 9.22. The summed E-state index contributed by atoms with van der Waals surface area (Å²) in [5, 5.41) is 5.23. The van der Waals surface area contributed by atoms with Crippen molar-refractivity contribution in [3.8, 4) is 0 Å². The number of anilines is 1. The van der Waals surface area contributed by atoms with Gasteiger partial charge >= 0.3 is 0 Å². The molecule has 6 heteroatoms. The molecule has 2 aromatic heterocycles. The van der Waals surface area contributed by atoms with Crippen LogP contribution in [0.2, 0.25) is 0 Å². The van der Waals surface area contributed by atoms with Crippen LogP contribution in [0.5, 0.6) is 0 Å². The molecule has 0 spiro atoms. The minimum Gasteiger partial charge on any atom is -0.312 e. The second-order valence-corrected chi connectivity index (χ2v) is 7.51. The van der Waals surface area contributed by atoms with Gasteiger partial charge in [-0.2, -0.15) is 5.10 Å². The van der Waals surface area contributed by atoms with Crippen molar-refractivity contribution in [2.75, 3.05) is 11.9 Å². The molecule has 128 valence electrons. The Kier molecular flexibility index (Phi) is 4.13. The molecule has 0 aliphatic heterocycles. The van der Waals surface area contributed by atoms with Crippen LogP contribution in [0.4, 0.5) is 5.69 Å². The van der Waals surface area contributed by atoms with Crippen LogP contribution in [-0.4, -0.2) is 27.7 Å². The minimum atomic E-state index is -0.0873. The lowest BCUT2D eigenvalue weighted by molar-refractivity contribution is -0.122. The summed E-state index contributed by atoms with van der Waals surface area (Å²) in [4.78, 5) is 19.7. The number of rotatable bonds is 3. The van der Waals surface area contributed by atoms with Gasteiger partial charge in [0.25, 0.3) is 0 Å². The van der Waals surface area contributed by atoms with Crippen LogP contribution in [0.1, 0.15) is 23.8 Å². The predicted octanol–water partition coefficient (Wildman–Crippen LogP) is 3.74. The summed E-state index contributed by atoms with van der Waals surface area (Å²) in [6, 6.07) is 8.16. The van der Waals surface area contributed by atoms with Crippen molar-refractivity contribution < 1.29 is 4.79 Å². The first-order chi connectivity index (χ1) is 12.1. The normalized spacial score (nSPS) is 20.1. The number of nitrogens with zero attached hydrogens (tertiary/aromatic N) is 4. The topological polar surface area (TPSA) is 51.0 Å². The van der Waals surface area contributed by atoms with Crippen molar-refractivity contribution in [3.05, 3.63) is 53.8 Å². The number of benzene rings is 1. The highest BCUT2D eigenvalue weighted by Gasteiger charge is 2.34. The summed E-state index contributed by atoms with van der Waals surface area (Å²) in [6.45, 7) is 0. The average Bonchev–Trinajstić information content (AvgIpc) is 3.26. The molecule has 0 N–H and O–H groups in total. The van der Waals surface area contributed by atoms with E-state index in [0.29, 0.717) is 0 Å². The Bertz CT molecular complexity index is 909. The van der Waals surface area contributed by atoms with E-state index in [0.717, 1.165) is 29.1 Å². The summed E-state index contributed by atoms with van der Waals surface area (Å²) < 4.78 is 2.89. The maximum Gasteiger partial charge on any atom is 0.230 e. The van der Waals surface area contributed by atoms with Gasteiger partial charge in [0.05, 0.1) is 33.0 Å². The van der Waals surface area contributed by atoms with E-state index >= 15 is 0 Å². The van der Waals surface area contributed by atoms with E-state index in [1.165, 1.54) is 4.70 Å². The zero-order chi connectivity index (χ0) is 17.4. The highest BCUT2D eigenvalue weighted by molar-refractivity contribution is 7.18. The molecule has 0 fully saturated rings. The number of carbonyl (C=O) groups excluding carboxylic acids is 1. The number of hydrogen-bond donors (Lipinski definition) is 0. The number of allylic oxidation sites excluding steroid dienone is 2. The number of aryl methyl sites for hydroxylation is 1. The van der Waals surface area contributed by atoms with Crippen LogP contribution in [-0.2, 0) is 11.8 Å². The summed E-state index contributed by atoms with van der Waals surface area (Å²) >= 11 is 1.70. The lowest BCUT2D eigenvalue weighted by Crippen LogP contribution is -2.36. The third-order valence-electron chi connectivity index (χ3n) is 4.79. The third kappa shape index (κ3) is 2.98. The van der Waals surface area contributed by atoms with Gasteiger partial charge in [-0.3, -0.25) is 9.48 Å². The van der Waals surface area contributed by atoms with Crippen LogP contribution >= 0.6 is 11.3 Å². The Morgan fingerprint density at radius 1 is 1.28 bits per heavy atom. The first-order valence-electron chi connectivity index (χ1n) is 8.40. The van der Waals surface area contributed by atoms with Gasteiger partial charge in [0, 0.05) is 26.2 Å². The molecule has 0 radical (unpaired) electrons. The molecule has 4 rings (SSSR count). The molecule has 1 aliphatic rings. The van der Waals surface area contributed by atoms with E-state index in [-0.39, 0.29) is 17.7 Å². The molecule has 2 atom stereocenters. The van der Waals surface area contributed by atoms with Gasteiger partial charge < -0.3 is 4.90 Å². The van der Waals surface area contributed by atoms with Gasteiger partial charge in [0.1, 0.15) is 0 Å². The Balaban J connectivity index is 1.64. The fourth-order valence-electron chi connectivity index (χ4n) is 3.37. The van der Waals surface area contributed by atoms with Gasteiger partial charge in [-0.25, -0.2) is 4.98 Å². The molecule has 0 saturated carbocycles. The third-order valence-corrected chi connectivity index (χ3v) is 5.95. The quantitative estimate of drug-likeness (QED) is 0.675. The van der Waals surface area contributed by atoms with Gasteiger partial charge in [-0.15, -0.1) is 11.3 Å². The lowest BCUT2D eigenvalue weighted by atomic mass is 9.82. The van der Waals surface area contributed by atoms with E-state index < -0.39 is 0 Å². The molecule has 2 unspecified atom stereocenters. The van der Waals surface area contributed by atoms with Crippen LogP contribution in [0, 0.1) is 5.92 Å². The van der Waals surface area contributed by atoms with Crippen molar-refractivity contribution >= 4 is 33.1 Å². The molecular weight excluding hydrogens is 332 g/mol. The van der Waals surface area contributed by atoms with Crippen LogP contribution < -0.4 is 4.90 Å². The summed E-state index contributed by atoms with van der Waals surface area (Å²) in [7, 11) is 3.68. The number of amides is 1. The average molecular weight is 352 g/mol. The summed E-state index contributed by atoms with van der Waals surface area (Å²) in [5.41, 5.74) is 1.84. The molecule has 2 heterocycles. The fraction of sp³-hybridized carbons (Fsp3) is 0.316. The summed E-state index contributed by atoms with van der Waals surface area (Å²) in [6.07, 6.45) is 9.49. The van der Waals surface area contributed by atoms with Crippen molar-refractivity contribution in [2.24, 2.45) is 13.0 Å². The van der Waals surface area contributed by atoms with Crippen LogP contribution in [0.15, 0.2) is 48.8 Å². The number of carbonyl (C=O) groups is 1. The molecule has 0 bridgehead atoms. The monoisotopic (exact) mass is 352 g/mol. The van der Waals surface area contributed by atoms with Gasteiger partial charge in [-0.1, -0.05) is 24.3 Å². The Morgan fingerprint density at radius 3 is 2.84 bits per heavy atom. The van der Waals surface area contributed by atoms with Crippen molar-refractivity contribution in [1.82, 2.24) is 14.8 Å². The van der Waals surface area contributed by atoms with E-state index in [2.05, 4.69) is 23.3 Å². The van der Waals surface area contributed by atoms with Crippen molar-refractivity contribution in [1.29, 1.82) is 0 Å². The lowest BCUT2D eigenvalue weighted by Gasteiger charge is -2.29. The van der Waals surface area contributed by atoms with Crippen molar-refractivity contribution in [3.63, 3.8) is 0 Å². The molecule has 25 heavy (non-hydrogen) atoms. The van der Waals surface area contributed by atoms with Gasteiger partial charge in [-0.05, 0) is 25.0 Å². The Labute approximate surface area is 150 Å². The second-order valence-electron chi connectivity index (χ2n) is 6.45. The fourth-order valence-corrected chi connectivity index (χ4v) is 4.51. The van der Waals surface area contributed by atoms with Gasteiger partial charge in [0.2, 0.25) is 5.91 Å². The molecule has 1 aliphatic carbocycles. The standard InChI is InChI=1S/C19H20N4OS/c1-22-12-13(11-20-22)23(2)19(24)15-8-4-3-7-14(15)18-21-16-9-5-6-10-17(16)25-18/h3-6,9-12,14-15H,7-8H2,1-2H3. The Hall–Kier alpha value is -2.47. The highest BCUT2D eigenvalue weighted by Crippen LogP contribution is 2.39. The number of para-hydroxylation sites is 1. The number of fused-ring (bicyclic) bond motifs is 1. The zero-order valence-electron chi connectivity index (χ0n) is 14.3. The molecule has 3 aromatic rings. The second kappa shape index (κ2) is 6.44. The number of aromatic nitrogens is 3. The highest BCUT2D eigenvalue weighted by atomic mass is 32.1. The van der Waals surface area contributed by atoms with Gasteiger partial charge in [0.15, 0.2) is 0 Å². The largest absolute Gasteiger partial charge is 0.312 e. The summed E-state index contributed by atoms with van der Waals surface area (Å²) in [5.74, 6) is 0.173. The molecule has 5 nitrogen and oxygen atoms in total. The van der Waals surface area contributed by atoms with Crippen molar-refractivity contribution in [2.45, 2.75) is 18.8 Å². The van der Waals surface area contributed by atoms with E-state index in [9.17, 15) is 4.79 Å². The smallest absolute Gasteiger partial charge is 0.230 e. The molecule has 1 aromatic carbocycles. The zero-order valence-corrected chi connectivity index (χ0v) is 15.1. The van der Waals surface area contributed by atoms with E-state index in [4.69, 9.17) is 4.98 Å². The number of hydrogen-bond acceptors (Lipinski definition) is 4. The SMILES string of the molecule is CN(C(=O)C1CC=CCC1c1nc2ccccc2s1)c1cnn(C)c1.